The van der Waals surface area contributed by atoms with Gasteiger partial charge in [-0.1, -0.05) is 30.3 Å². The van der Waals surface area contributed by atoms with Gasteiger partial charge in [-0.2, -0.15) is 5.01 Å². The van der Waals surface area contributed by atoms with Crippen LogP contribution in [0.2, 0.25) is 0 Å². The Labute approximate surface area is 129 Å². The van der Waals surface area contributed by atoms with Crippen molar-refractivity contribution in [1.82, 2.24) is 10.5 Å². The lowest BCUT2D eigenvalue weighted by Crippen LogP contribution is -2.49. The van der Waals surface area contributed by atoms with E-state index in [1.54, 1.807) is 30.3 Å². The van der Waals surface area contributed by atoms with Crippen LogP contribution in [0.3, 0.4) is 0 Å². The lowest BCUT2D eigenvalue weighted by atomic mass is 9.93. The summed E-state index contributed by atoms with van der Waals surface area (Å²) in [5.74, 6) is -1.51. The Hall–Kier alpha value is -3.00. The van der Waals surface area contributed by atoms with Crippen molar-refractivity contribution < 1.29 is 23.5 Å². The van der Waals surface area contributed by atoms with Crippen LogP contribution in [-0.4, -0.2) is 22.6 Å². The fourth-order valence-electron chi connectivity index (χ4n) is 2.47. The van der Waals surface area contributed by atoms with E-state index in [2.05, 4.69) is 5.10 Å². The molecule has 0 radical (unpaired) electrons. The molecule has 0 saturated carbocycles. The normalized spacial score (nSPS) is 19.5. The Balaban J connectivity index is 2.27. The van der Waals surface area contributed by atoms with E-state index in [-0.39, 0.29) is 5.56 Å². The van der Waals surface area contributed by atoms with E-state index in [0.717, 1.165) is 24.6 Å². The van der Waals surface area contributed by atoms with Gasteiger partial charge in [-0.3, -0.25) is 5.21 Å². The Morgan fingerprint density at radius 3 is 2.65 bits per heavy atom. The maximum Gasteiger partial charge on any atom is 0.365 e. The molecule has 8 heteroatoms. The second-order valence-corrected chi connectivity index (χ2v) is 4.70. The Morgan fingerprint density at radius 1 is 1.22 bits per heavy atom. The number of halogens is 2. The van der Waals surface area contributed by atoms with Crippen molar-refractivity contribution >= 4 is 12.4 Å². The van der Waals surface area contributed by atoms with Gasteiger partial charge >= 0.3 is 6.03 Å². The monoisotopic (exact) mass is 319 g/mol. The van der Waals surface area contributed by atoms with Crippen molar-refractivity contribution in [2.75, 3.05) is 0 Å². The van der Waals surface area contributed by atoms with Gasteiger partial charge in [-0.25, -0.2) is 19.1 Å². The molecule has 1 atom stereocenters. The van der Waals surface area contributed by atoms with E-state index in [0.29, 0.717) is 10.6 Å². The summed E-state index contributed by atoms with van der Waals surface area (Å²) in [6.45, 7) is 0. The van der Waals surface area contributed by atoms with Crippen molar-refractivity contribution in [3.63, 3.8) is 0 Å². The zero-order valence-corrected chi connectivity index (χ0v) is 11.6. The SMILES string of the molecule is O=C(NO)N1N=COC1(c1ccccc1)c1cc(F)ccc1F. The fourth-order valence-corrected chi connectivity index (χ4v) is 2.47. The van der Waals surface area contributed by atoms with Crippen LogP contribution in [0, 0.1) is 11.6 Å². The molecule has 3 rings (SSSR count). The van der Waals surface area contributed by atoms with E-state index in [1.165, 1.54) is 5.48 Å². The first-order chi connectivity index (χ1) is 11.1. The summed E-state index contributed by atoms with van der Waals surface area (Å²) in [5, 5.41) is 13.3. The number of benzene rings is 2. The zero-order chi connectivity index (χ0) is 16.4. The molecule has 1 aliphatic rings. The molecule has 1 aliphatic heterocycles. The number of ether oxygens (including phenoxy) is 1. The summed E-state index contributed by atoms with van der Waals surface area (Å²) in [5.41, 5.74) is -0.397. The van der Waals surface area contributed by atoms with E-state index in [4.69, 9.17) is 9.94 Å². The van der Waals surface area contributed by atoms with Crippen molar-refractivity contribution in [2.24, 2.45) is 5.10 Å². The highest BCUT2D eigenvalue weighted by molar-refractivity contribution is 5.77. The zero-order valence-electron chi connectivity index (χ0n) is 11.6. The molecule has 0 aliphatic carbocycles. The standard InChI is InChI=1S/C15H11F2N3O3/c16-11-6-7-13(17)12(8-11)15(10-4-2-1-3-5-10)20(14(21)19-22)18-9-23-15/h1-9,22H,(H,19,21). The molecule has 0 spiro atoms. The van der Waals surface area contributed by atoms with Crippen LogP contribution in [0.1, 0.15) is 11.1 Å². The molecule has 0 bridgehead atoms. The average molecular weight is 319 g/mol. The van der Waals surface area contributed by atoms with Crippen LogP contribution >= 0.6 is 0 Å². The van der Waals surface area contributed by atoms with Gasteiger partial charge in [0.15, 0.2) is 6.40 Å². The minimum atomic E-state index is -1.87. The molecule has 2 aromatic rings. The molecule has 2 aromatic carbocycles. The van der Waals surface area contributed by atoms with Crippen LogP contribution in [0.15, 0.2) is 53.6 Å². The summed E-state index contributed by atoms with van der Waals surface area (Å²) in [4.78, 5) is 11.9. The first kappa shape index (κ1) is 14.9. The molecule has 0 fully saturated rings. The number of hydrogen-bond donors (Lipinski definition) is 2. The number of hydrogen-bond acceptors (Lipinski definition) is 4. The number of hydroxylamine groups is 1. The Kier molecular flexibility index (Phi) is 3.67. The Morgan fingerprint density at radius 2 is 1.96 bits per heavy atom. The lowest BCUT2D eigenvalue weighted by molar-refractivity contribution is -0.0148. The molecule has 1 heterocycles. The Bertz CT molecular complexity index is 770. The van der Waals surface area contributed by atoms with Crippen molar-refractivity contribution in [3.05, 3.63) is 71.3 Å². The average Bonchev–Trinajstić information content (AvgIpc) is 3.03. The summed E-state index contributed by atoms with van der Waals surface area (Å²) >= 11 is 0. The number of carbonyl (C=O) groups excluding carboxylic acids is 1. The summed E-state index contributed by atoms with van der Waals surface area (Å²) in [6, 6.07) is 9.85. The highest BCUT2D eigenvalue weighted by atomic mass is 19.1. The van der Waals surface area contributed by atoms with E-state index in [9.17, 15) is 13.6 Å². The first-order valence-electron chi connectivity index (χ1n) is 6.55. The van der Waals surface area contributed by atoms with E-state index < -0.39 is 23.4 Å². The molecule has 23 heavy (non-hydrogen) atoms. The molecular weight excluding hydrogens is 308 g/mol. The highest BCUT2D eigenvalue weighted by Crippen LogP contribution is 2.41. The number of nitrogens with zero attached hydrogens (tertiary/aromatic N) is 2. The van der Waals surface area contributed by atoms with Gasteiger partial charge in [-0.15, -0.1) is 5.10 Å². The van der Waals surface area contributed by atoms with Gasteiger partial charge in [-0.05, 0) is 18.2 Å². The maximum absolute atomic E-state index is 14.4. The molecule has 118 valence electrons. The third-order valence-corrected chi connectivity index (χ3v) is 3.43. The van der Waals surface area contributed by atoms with Gasteiger partial charge in [0.05, 0.1) is 5.56 Å². The predicted molar refractivity (Wildman–Crippen MR) is 75.3 cm³/mol. The number of amides is 2. The quantitative estimate of drug-likeness (QED) is 0.660. The van der Waals surface area contributed by atoms with Crippen molar-refractivity contribution in [2.45, 2.75) is 5.72 Å². The van der Waals surface area contributed by atoms with Gasteiger partial charge < -0.3 is 4.74 Å². The topological polar surface area (TPSA) is 74.2 Å². The van der Waals surface area contributed by atoms with Crippen LogP contribution in [-0.2, 0) is 10.5 Å². The van der Waals surface area contributed by atoms with Crippen LogP contribution in [0.4, 0.5) is 13.6 Å². The third-order valence-electron chi connectivity index (χ3n) is 3.43. The predicted octanol–water partition coefficient (Wildman–Crippen LogP) is 2.54. The summed E-state index contributed by atoms with van der Waals surface area (Å²) in [7, 11) is 0. The molecule has 6 nitrogen and oxygen atoms in total. The second-order valence-electron chi connectivity index (χ2n) is 4.70. The number of rotatable bonds is 2. The number of urea groups is 1. The highest BCUT2D eigenvalue weighted by Gasteiger charge is 2.50. The lowest BCUT2D eigenvalue weighted by Gasteiger charge is -2.34. The van der Waals surface area contributed by atoms with Crippen LogP contribution in [0.5, 0.6) is 0 Å². The minimum absolute atomic E-state index is 0.259. The summed E-state index contributed by atoms with van der Waals surface area (Å²) in [6.07, 6.45) is 0.923. The van der Waals surface area contributed by atoms with Crippen molar-refractivity contribution in [1.29, 1.82) is 0 Å². The summed E-state index contributed by atoms with van der Waals surface area (Å²) < 4.78 is 33.5. The smallest absolute Gasteiger partial charge is 0.365 e. The van der Waals surface area contributed by atoms with Gasteiger partial charge in [0, 0.05) is 5.56 Å². The molecule has 2 amide bonds. The van der Waals surface area contributed by atoms with Gasteiger partial charge in [0.25, 0.3) is 5.72 Å². The second kappa shape index (κ2) is 5.65. The fraction of sp³-hybridized carbons (Fsp3) is 0.0667. The molecule has 1 unspecified atom stereocenters. The van der Waals surface area contributed by atoms with E-state index in [1.807, 2.05) is 0 Å². The molecule has 2 N–H and O–H groups in total. The van der Waals surface area contributed by atoms with Gasteiger partial charge in [0.1, 0.15) is 11.6 Å². The molecule has 0 aromatic heterocycles. The first-order valence-corrected chi connectivity index (χ1v) is 6.55. The minimum Gasteiger partial charge on any atom is -0.445 e. The number of hydrazone groups is 1. The number of carbonyl (C=O) groups is 1. The van der Waals surface area contributed by atoms with Crippen molar-refractivity contribution in [3.8, 4) is 0 Å². The maximum atomic E-state index is 14.4. The van der Waals surface area contributed by atoms with Crippen LogP contribution < -0.4 is 5.48 Å². The number of nitrogens with one attached hydrogen (secondary N) is 1. The van der Waals surface area contributed by atoms with Gasteiger partial charge in [0.2, 0.25) is 0 Å². The van der Waals surface area contributed by atoms with Crippen LogP contribution in [0.25, 0.3) is 0 Å². The third kappa shape index (κ3) is 2.29. The molecule has 0 saturated heterocycles. The van der Waals surface area contributed by atoms with E-state index >= 15 is 0 Å². The molecular formula is C15H11F2N3O3. The largest absolute Gasteiger partial charge is 0.445 e.